The van der Waals surface area contributed by atoms with Crippen LogP contribution in [0.25, 0.3) is 11.4 Å². The number of ether oxygens (including phenoxy) is 1. The summed E-state index contributed by atoms with van der Waals surface area (Å²) in [4.78, 5) is 11.6. The highest BCUT2D eigenvalue weighted by Crippen LogP contribution is 2.18. The van der Waals surface area contributed by atoms with Gasteiger partial charge < -0.3 is 19.9 Å². The van der Waals surface area contributed by atoms with Crippen LogP contribution in [0.15, 0.2) is 33.8 Å². The van der Waals surface area contributed by atoms with Crippen molar-refractivity contribution in [2.75, 3.05) is 45.9 Å². The number of halogens is 2. The molecule has 30 heavy (non-hydrogen) atoms. The Morgan fingerprint density at radius 1 is 1.23 bits per heavy atom. The molecule has 0 radical (unpaired) electrons. The van der Waals surface area contributed by atoms with E-state index in [0.29, 0.717) is 35.7 Å². The number of hydrogen-bond donors (Lipinski definition) is 2. The second kappa shape index (κ2) is 13.1. The molecule has 10 heteroatoms. The lowest BCUT2D eigenvalue weighted by molar-refractivity contribution is 0.0220. The Hall–Kier alpha value is -1.43. The molecule has 166 valence electrons. The molecule has 0 bridgehead atoms. The van der Waals surface area contributed by atoms with Gasteiger partial charge in [0, 0.05) is 49.2 Å². The molecule has 1 unspecified atom stereocenters. The van der Waals surface area contributed by atoms with Crippen molar-refractivity contribution in [2.45, 2.75) is 26.3 Å². The van der Waals surface area contributed by atoms with Crippen molar-refractivity contribution >= 4 is 41.5 Å². The molecule has 2 heterocycles. The molecule has 1 aromatic heterocycles. The minimum atomic E-state index is 0. The Labute approximate surface area is 199 Å². The van der Waals surface area contributed by atoms with E-state index in [1.54, 1.807) is 0 Å². The first-order valence-corrected chi connectivity index (χ1v) is 10.5. The van der Waals surface area contributed by atoms with E-state index in [1.807, 2.05) is 24.3 Å². The Bertz CT molecular complexity index is 780. The maximum atomic E-state index is 5.92. The number of guanidine groups is 1. The topological polar surface area (TPSA) is 87.8 Å². The van der Waals surface area contributed by atoms with Gasteiger partial charge >= 0.3 is 0 Å². The number of nitrogens with zero attached hydrogens (tertiary/aromatic N) is 4. The van der Waals surface area contributed by atoms with Gasteiger partial charge in [-0.3, -0.25) is 9.89 Å². The predicted octanol–water partition coefficient (Wildman–Crippen LogP) is 2.83. The fraction of sp³-hybridized carbons (Fsp3) is 0.550. The third-order valence-electron chi connectivity index (χ3n) is 4.73. The van der Waals surface area contributed by atoms with Crippen LogP contribution in [0.2, 0.25) is 5.02 Å². The molecule has 1 aromatic carbocycles. The minimum Gasteiger partial charge on any atom is -0.379 e. The highest BCUT2D eigenvalue weighted by molar-refractivity contribution is 14.0. The molecule has 1 aliphatic rings. The van der Waals surface area contributed by atoms with Gasteiger partial charge in [0.15, 0.2) is 5.96 Å². The number of nitrogens with one attached hydrogen (secondary N) is 2. The van der Waals surface area contributed by atoms with Crippen LogP contribution >= 0.6 is 35.6 Å². The van der Waals surface area contributed by atoms with Crippen LogP contribution in [-0.2, 0) is 11.2 Å². The fourth-order valence-electron chi connectivity index (χ4n) is 3.06. The van der Waals surface area contributed by atoms with Crippen molar-refractivity contribution < 1.29 is 9.26 Å². The summed E-state index contributed by atoms with van der Waals surface area (Å²) in [7, 11) is 0. The van der Waals surface area contributed by atoms with Crippen molar-refractivity contribution in [3.8, 4) is 11.4 Å². The number of aliphatic imine (C=N–C) groups is 1. The van der Waals surface area contributed by atoms with E-state index < -0.39 is 0 Å². The van der Waals surface area contributed by atoms with Gasteiger partial charge in [0.1, 0.15) is 0 Å². The molecule has 2 N–H and O–H groups in total. The first-order valence-electron chi connectivity index (χ1n) is 10.1. The van der Waals surface area contributed by atoms with Gasteiger partial charge in [-0.1, -0.05) is 16.8 Å². The molecule has 0 amide bonds. The smallest absolute Gasteiger partial charge is 0.228 e. The van der Waals surface area contributed by atoms with Crippen LogP contribution in [0.5, 0.6) is 0 Å². The molecule has 1 fully saturated rings. The summed E-state index contributed by atoms with van der Waals surface area (Å²) in [5, 5.41) is 11.3. The Morgan fingerprint density at radius 2 is 1.97 bits per heavy atom. The van der Waals surface area contributed by atoms with Crippen LogP contribution < -0.4 is 10.6 Å². The zero-order valence-electron chi connectivity index (χ0n) is 17.4. The van der Waals surface area contributed by atoms with Crippen molar-refractivity contribution in [3.63, 3.8) is 0 Å². The van der Waals surface area contributed by atoms with Gasteiger partial charge in [-0.15, -0.1) is 24.0 Å². The molecule has 3 rings (SSSR count). The molecule has 0 spiro atoms. The molecule has 1 atom stereocenters. The Kier molecular flexibility index (Phi) is 10.8. The summed E-state index contributed by atoms with van der Waals surface area (Å²) in [5.41, 5.74) is 0.879. The highest BCUT2D eigenvalue weighted by Gasteiger charge is 2.16. The third-order valence-corrected chi connectivity index (χ3v) is 4.98. The van der Waals surface area contributed by atoms with Gasteiger partial charge in [-0.05, 0) is 38.1 Å². The molecular formula is C20H30ClIN6O2. The van der Waals surface area contributed by atoms with Crippen molar-refractivity contribution in [2.24, 2.45) is 4.99 Å². The molecule has 2 aromatic rings. The first kappa shape index (κ1) is 24.8. The largest absolute Gasteiger partial charge is 0.379 e. The lowest BCUT2D eigenvalue weighted by atomic mass is 10.2. The zero-order valence-corrected chi connectivity index (χ0v) is 20.5. The normalized spacial score (nSPS) is 16.0. The van der Waals surface area contributed by atoms with E-state index in [-0.39, 0.29) is 24.0 Å². The average Bonchev–Trinajstić information content (AvgIpc) is 3.22. The van der Waals surface area contributed by atoms with Crippen LogP contribution in [0, 0.1) is 0 Å². The van der Waals surface area contributed by atoms with Crippen molar-refractivity contribution in [1.82, 2.24) is 25.7 Å². The lowest BCUT2D eigenvalue weighted by Gasteiger charge is -2.31. The van der Waals surface area contributed by atoms with Crippen LogP contribution in [0.1, 0.15) is 19.7 Å². The molecule has 8 nitrogen and oxygen atoms in total. The highest BCUT2D eigenvalue weighted by atomic mass is 127. The monoisotopic (exact) mass is 548 g/mol. The SMILES string of the molecule is CCNC(=NCC(C)N1CCOCC1)NCCc1nc(-c2ccc(Cl)cc2)no1.I. The molecule has 1 aliphatic heterocycles. The zero-order chi connectivity index (χ0) is 20.5. The fourth-order valence-corrected chi connectivity index (χ4v) is 3.19. The van der Waals surface area contributed by atoms with Gasteiger partial charge in [-0.2, -0.15) is 4.98 Å². The summed E-state index contributed by atoms with van der Waals surface area (Å²) in [6, 6.07) is 7.76. The number of benzene rings is 1. The number of morpholine rings is 1. The maximum absolute atomic E-state index is 5.92. The molecular weight excluding hydrogens is 519 g/mol. The first-order chi connectivity index (χ1) is 14.2. The Balaban J connectivity index is 0.00000320. The maximum Gasteiger partial charge on any atom is 0.228 e. The van der Waals surface area contributed by atoms with E-state index in [1.165, 1.54) is 0 Å². The van der Waals surface area contributed by atoms with Crippen LogP contribution in [-0.4, -0.2) is 73.0 Å². The molecule has 0 saturated carbocycles. The van der Waals surface area contributed by atoms with E-state index in [4.69, 9.17) is 25.9 Å². The second-order valence-corrected chi connectivity index (χ2v) is 7.35. The number of rotatable bonds is 8. The van der Waals surface area contributed by atoms with Crippen LogP contribution in [0.3, 0.4) is 0 Å². The van der Waals surface area contributed by atoms with Gasteiger partial charge in [0.05, 0.1) is 19.8 Å². The summed E-state index contributed by atoms with van der Waals surface area (Å²) >= 11 is 5.92. The standard InChI is InChI=1S/C20H29ClN6O2.HI/c1-3-22-20(24-14-15(2)27-10-12-28-13-11-27)23-9-8-18-25-19(26-29-18)16-4-6-17(21)7-5-16;/h4-7,15H,3,8-14H2,1-2H3,(H2,22,23,24);1H. The van der Waals surface area contributed by atoms with Gasteiger partial charge in [0.2, 0.25) is 11.7 Å². The van der Waals surface area contributed by atoms with E-state index in [0.717, 1.165) is 50.9 Å². The van der Waals surface area contributed by atoms with E-state index in [9.17, 15) is 0 Å². The van der Waals surface area contributed by atoms with Gasteiger partial charge in [0.25, 0.3) is 0 Å². The van der Waals surface area contributed by atoms with Gasteiger partial charge in [-0.25, -0.2) is 0 Å². The average molecular weight is 549 g/mol. The number of hydrogen-bond acceptors (Lipinski definition) is 6. The third kappa shape index (κ3) is 7.68. The summed E-state index contributed by atoms with van der Waals surface area (Å²) in [6.07, 6.45) is 0.615. The van der Waals surface area contributed by atoms with Crippen molar-refractivity contribution in [3.05, 3.63) is 35.2 Å². The van der Waals surface area contributed by atoms with E-state index >= 15 is 0 Å². The van der Waals surface area contributed by atoms with Crippen molar-refractivity contribution in [1.29, 1.82) is 0 Å². The minimum absolute atomic E-state index is 0. The van der Waals surface area contributed by atoms with E-state index in [2.05, 4.69) is 39.5 Å². The second-order valence-electron chi connectivity index (χ2n) is 6.91. The summed E-state index contributed by atoms with van der Waals surface area (Å²) in [6.45, 7) is 9.98. The quantitative estimate of drug-likeness (QED) is 0.298. The number of aromatic nitrogens is 2. The Morgan fingerprint density at radius 3 is 2.67 bits per heavy atom. The summed E-state index contributed by atoms with van der Waals surface area (Å²) in [5.74, 6) is 1.95. The molecule has 0 aliphatic carbocycles. The summed E-state index contributed by atoms with van der Waals surface area (Å²) < 4.78 is 10.8. The predicted molar refractivity (Wildman–Crippen MR) is 130 cm³/mol. The molecule has 1 saturated heterocycles. The van der Waals surface area contributed by atoms with Crippen LogP contribution in [0.4, 0.5) is 0 Å². The lowest BCUT2D eigenvalue weighted by Crippen LogP contribution is -2.44.